The van der Waals surface area contributed by atoms with Gasteiger partial charge in [-0.25, -0.2) is 4.98 Å². The first-order valence-corrected chi connectivity index (χ1v) is 12.0. The van der Waals surface area contributed by atoms with Gasteiger partial charge in [-0.3, -0.25) is 4.79 Å². The molecule has 0 bridgehead atoms. The predicted molar refractivity (Wildman–Crippen MR) is 122 cm³/mol. The smallest absolute Gasteiger partial charge is 0.226 e. The third-order valence-corrected chi connectivity index (χ3v) is 7.16. The molecule has 0 saturated carbocycles. The number of benzene rings is 1. The van der Waals surface area contributed by atoms with Crippen molar-refractivity contribution < 1.29 is 9.53 Å². The van der Waals surface area contributed by atoms with Gasteiger partial charge in [0.15, 0.2) is 0 Å². The van der Waals surface area contributed by atoms with E-state index in [0.717, 1.165) is 81.9 Å². The highest BCUT2D eigenvalue weighted by atomic mass is 16.5. The summed E-state index contributed by atoms with van der Waals surface area (Å²) in [4.78, 5) is 20.1. The normalized spacial score (nSPS) is 20.7. The minimum Gasteiger partial charge on any atom is -0.493 e. The number of fused-ring (bicyclic) bond motifs is 2. The molecule has 4 heterocycles. The second kappa shape index (κ2) is 8.89. The Morgan fingerprint density at radius 1 is 1.23 bits per heavy atom. The molecule has 0 spiro atoms. The molecule has 31 heavy (non-hydrogen) atoms. The molecule has 1 aromatic carbocycles. The SMILES string of the molecule is CC[C@@H](c1ccc2c(c1)OCC2)N1CCC(CCCc2ccc3c(n2)NCCC3)C1=O. The summed E-state index contributed by atoms with van der Waals surface area (Å²) in [6.45, 7) is 4.83. The Balaban J connectivity index is 1.18. The fraction of sp³-hybridized carbons (Fsp3) is 0.538. The number of hydrogen-bond donors (Lipinski definition) is 1. The largest absolute Gasteiger partial charge is 0.493 e. The maximum absolute atomic E-state index is 13.2. The third-order valence-electron chi connectivity index (χ3n) is 7.16. The monoisotopic (exact) mass is 419 g/mol. The quantitative estimate of drug-likeness (QED) is 0.707. The van der Waals surface area contributed by atoms with Crippen LogP contribution in [-0.2, 0) is 24.1 Å². The van der Waals surface area contributed by atoms with Crippen LogP contribution in [0.15, 0.2) is 30.3 Å². The van der Waals surface area contributed by atoms with Gasteiger partial charge in [-0.15, -0.1) is 0 Å². The number of nitrogens with zero attached hydrogens (tertiary/aromatic N) is 2. The van der Waals surface area contributed by atoms with Crippen LogP contribution in [-0.4, -0.2) is 35.5 Å². The summed E-state index contributed by atoms with van der Waals surface area (Å²) < 4.78 is 5.76. The molecule has 5 heteroatoms. The van der Waals surface area contributed by atoms with Crippen molar-refractivity contribution in [2.45, 2.75) is 64.3 Å². The van der Waals surface area contributed by atoms with Crippen LogP contribution >= 0.6 is 0 Å². The minimum atomic E-state index is 0.149. The summed E-state index contributed by atoms with van der Waals surface area (Å²) in [6.07, 6.45) is 8.11. The van der Waals surface area contributed by atoms with Crippen LogP contribution in [0.25, 0.3) is 0 Å². The third kappa shape index (κ3) is 4.15. The van der Waals surface area contributed by atoms with Crippen molar-refractivity contribution in [3.8, 4) is 5.75 Å². The number of anilines is 1. The number of amides is 1. The molecule has 3 aliphatic heterocycles. The summed E-state index contributed by atoms with van der Waals surface area (Å²) in [7, 11) is 0. The number of rotatable bonds is 7. The highest BCUT2D eigenvalue weighted by molar-refractivity contribution is 5.81. The van der Waals surface area contributed by atoms with Gasteiger partial charge < -0.3 is 15.0 Å². The first-order valence-electron chi connectivity index (χ1n) is 12.0. The van der Waals surface area contributed by atoms with E-state index in [1.54, 1.807) is 0 Å². The van der Waals surface area contributed by atoms with Gasteiger partial charge in [0.25, 0.3) is 0 Å². The van der Waals surface area contributed by atoms with E-state index < -0.39 is 0 Å². The van der Waals surface area contributed by atoms with Crippen LogP contribution in [0.5, 0.6) is 5.75 Å². The Morgan fingerprint density at radius 3 is 3.03 bits per heavy atom. The number of pyridine rings is 1. The zero-order valence-electron chi connectivity index (χ0n) is 18.5. The van der Waals surface area contributed by atoms with E-state index in [0.29, 0.717) is 5.91 Å². The lowest BCUT2D eigenvalue weighted by Crippen LogP contribution is -2.31. The van der Waals surface area contributed by atoms with E-state index in [1.807, 2.05) is 0 Å². The maximum atomic E-state index is 13.2. The molecule has 3 aliphatic rings. The Kier molecular flexibility index (Phi) is 5.84. The van der Waals surface area contributed by atoms with E-state index in [1.165, 1.54) is 23.1 Å². The molecule has 0 aliphatic carbocycles. The molecular weight excluding hydrogens is 386 g/mol. The molecule has 1 unspecified atom stereocenters. The first kappa shape index (κ1) is 20.3. The van der Waals surface area contributed by atoms with Crippen molar-refractivity contribution in [2.75, 3.05) is 25.0 Å². The highest BCUT2D eigenvalue weighted by Gasteiger charge is 2.35. The average molecular weight is 420 g/mol. The maximum Gasteiger partial charge on any atom is 0.226 e. The number of hydrogen-bond acceptors (Lipinski definition) is 4. The molecule has 5 nitrogen and oxygen atoms in total. The van der Waals surface area contributed by atoms with Gasteiger partial charge in [0.05, 0.1) is 12.6 Å². The molecule has 1 amide bonds. The molecule has 1 fully saturated rings. The summed E-state index contributed by atoms with van der Waals surface area (Å²) in [5.41, 5.74) is 4.97. The van der Waals surface area contributed by atoms with E-state index in [-0.39, 0.29) is 12.0 Å². The van der Waals surface area contributed by atoms with Crippen molar-refractivity contribution in [1.82, 2.24) is 9.88 Å². The lowest BCUT2D eigenvalue weighted by atomic mass is 9.98. The standard InChI is InChI=1S/C26H33N3O2/c1-2-23(21-9-8-18-13-16-31-24(18)17-21)29-15-12-20(26(29)30)5-3-7-22-11-10-19-6-4-14-27-25(19)28-22/h8-11,17,20,23H,2-7,12-16H2,1H3,(H,27,28)/t20?,23-/m0/s1. The Labute approximate surface area is 185 Å². The number of ether oxygens (including phenoxy) is 1. The van der Waals surface area contributed by atoms with Gasteiger partial charge in [-0.1, -0.05) is 25.1 Å². The fourth-order valence-corrected chi connectivity index (χ4v) is 5.40. The van der Waals surface area contributed by atoms with Gasteiger partial charge in [0, 0.05) is 31.1 Å². The van der Waals surface area contributed by atoms with Crippen LogP contribution in [0.3, 0.4) is 0 Å². The van der Waals surface area contributed by atoms with Crippen LogP contribution in [0.4, 0.5) is 5.82 Å². The second-order valence-corrected chi connectivity index (χ2v) is 9.14. The van der Waals surface area contributed by atoms with Crippen LogP contribution in [0.2, 0.25) is 0 Å². The zero-order valence-corrected chi connectivity index (χ0v) is 18.5. The summed E-state index contributed by atoms with van der Waals surface area (Å²) in [6, 6.07) is 11.1. The van der Waals surface area contributed by atoms with Gasteiger partial charge >= 0.3 is 0 Å². The average Bonchev–Trinajstić information content (AvgIpc) is 3.41. The number of carbonyl (C=O) groups excluding carboxylic acids is 1. The van der Waals surface area contributed by atoms with E-state index in [9.17, 15) is 4.79 Å². The second-order valence-electron chi connectivity index (χ2n) is 9.14. The summed E-state index contributed by atoms with van der Waals surface area (Å²) >= 11 is 0. The minimum absolute atomic E-state index is 0.149. The first-order chi connectivity index (χ1) is 15.2. The molecule has 1 aromatic heterocycles. The number of aryl methyl sites for hydroxylation is 2. The molecular formula is C26H33N3O2. The zero-order chi connectivity index (χ0) is 21.2. The number of carbonyl (C=O) groups is 1. The summed E-state index contributed by atoms with van der Waals surface area (Å²) in [5.74, 6) is 2.55. The van der Waals surface area contributed by atoms with Crippen LogP contribution < -0.4 is 10.1 Å². The number of aromatic nitrogens is 1. The molecule has 164 valence electrons. The molecule has 2 atom stereocenters. The Hall–Kier alpha value is -2.56. The molecule has 2 aromatic rings. The van der Waals surface area contributed by atoms with Crippen molar-refractivity contribution in [3.05, 3.63) is 52.7 Å². The van der Waals surface area contributed by atoms with Gasteiger partial charge in [0.1, 0.15) is 11.6 Å². The van der Waals surface area contributed by atoms with Crippen molar-refractivity contribution in [3.63, 3.8) is 0 Å². The lowest BCUT2D eigenvalue weighted by Gasteiger charge is -2.28. The van der Waals surface area contributed by atoms with E-state index in [2.05, 4.69) is 47.5 Å². The van der Waals surface area contributed by atoms with Crippen molar-refractivity contribution >= 4 is 11.7 Å². The molecule has 1 N–H and O–H groups in total. The van der Waals surface area contributed by atoms with E-state index >= 15 is 0 Å². The van der Waals surface area contributed by atoms with Gasteiger partial charge in [-0.05, 0) is 73.8 Å². The van der Waals surface area contributed by atoms with Crippen molar-refractivity contribution in [1.29, 1.82) is 0 Å². The Morgan fingerprint density at radius 2 is 2.13 bits per heavy atom. The highest BCUT2D eigenvalue weighted by Crippen LogP contribution is 2.36. The topological polar surface area (TPSA) is 54.5 Å². The fourth-order valence-electron chi connectivity index (χ4n) is 5.40. The van der Waals surface area contributed by atoms with E-state index in [4.69, 9.17) is 9.72 Å². The van der Waals surface area contributed by atoms with Gasteiger partial charge in [-0.2, -0.15) is 0 Å². The summed E-state index contributed by atoms with van der Waals surface area (Å²) in [5, 5.41) is 3.42. The molecule has 0 radical (unpaired) electrons. The van der Waals surface area contributed by atoms with Gasteiger partial charge in [0.2, 0.25) is 5.91 Å². The molecule has 1 saturated heterocycles. The van der Waals surface area contributed by atoms with Crippen LogP contribution in [0.1, 0.15) is 67.5 Å². The predicted octanol–water partition coefficient (Wildman–Crippen LogP) is 4.70. The number of nitrogens with one attached hydrogen (secondary N) is 1. The number of likely N-dealkylation sites (tertiary alicyclic amines) is 1. The van der Waals surface area contributed by atoms with Crippen molar-refractivity contribution in [2.24, 2.45) is 5.92 Å². The van der Waals surface area contributed by atoms with Crippen LogP contribution in [0, 0.1) is 5.92 Å². The molecule has 5 rings (SSSR count). The Bertz CT molecular complexity index is 958. The lowest BCUT2D eigenvalue weighted by molar-refractivity contribution is -0.133.